The summed E-state index contributed by atoms with van der Waals surface area (Å²) >= 11 is 1.58. The molecule has 94 valence electrons. The van der Waals surface area contributed by atoms with Crippen LogP contribution in [0.25, 0.3) is 11.3 Å². The first-order chi connectivity index (χ1) is 8.86. The van der Waals surface area contributed by atoms with Crippen molar-refractivity contribution in [1.29, 1.82) is 0 Å². The van der Waals surface area contributed by atoms with Gasteiger partial charge < -0.3 is 9.47 Å². The van der Waals surface area contributed by atoms with Gasteiger partial charge in [0.1, 0.15) is 18.2 Å². The van der Waals surface area contributed by atoms with Gasteiger partial charge in [-0.05, 0) is 18.2 Å². The Labute approximate surface area is 109 Å². The van der Waals surface area contributed by atoms with Gasteiger partial charge in [-0.25, -0.2) is 4.98 Å². The smallest absolute Gasteiger partial charge is 0.162 e. The van der Waals surface area contributed by atoms with E-state index in [2.05, 4.69) is 10.4 Å². The summed E-state index contributed by atoms with van der Waals surface area (Å²) < 4.78 is 11.0. The first-order valence-corrected chi connectivity index (χ1v) is 6.52. The topological polar surface area (TPSA) is 69.4 Å². The summed E-state index contributed by atoms with van der Waals surface area (Å²) in [6.45, 7) is 1.78. The summed E-state index contributed by atoms with van der Waals surface area (Å²) in [4.78, 5) is 4.50. The molecule has 2 aromatic rings. The van der Waals surface area contributed by atoms with E-state index in [9.17, 15) is 0 Å². The summed E-state index contributed by atoms with van der Waals surface area (Å²) in [6, 6.07) is 5.87. The molecule has 3 rings (SSSR count). The van der Waals surface area contributed by atoms with Crippen molar-refractivity contribution in [2.24, 2.45) is 5.84 Å². The van der Waals surface area contributed by atoms with Crippen LogP contribution in [0.1, 0.15) is 5.01 Å². The van der Waals surface area contributed by atoms with Crippen LogP contribution in [0, 0.1) is 0 Å². The van der Waals surface area contributed by atoms with Gasteiger partial charge >= 0.3 is 0 Å². The first kappa shape index (κ1) is 11.5. The van der Waals surface area contributed by atoms with E-state index >= 15 is 0 Å². The molecule has 1 aliphatic rings. The minimum Gasteiger partial charge on any atom is -0.486 e. The largest absolute Gasteiger partial charge is 0.486 e. The second kappa shape index (κ2) is 4.93. The number of aromatic nitrogens is 1. The van der Waals surface area contributed by atoms with Crippen LogP contribution in [0.4, 0.5) is 0 Å². The number of nitrogens with two attached hydrogens (primary N) is 1. The Morgan fingerprint density at radius 1 is 1.28 bits per heavy atom. The van der Waals surface area contributed by atoms with Crippen LogP contribution < -0.4 is 20.7 Å². The van der Waals surface area contributed by atoms with Crippen LogP contribution in [0.3, 0.4) is 0 Å². The standard InChI is InChI=1S/C12H13N3O2S/c13-14-6-12-15-9(7-18-12)8-1-2-10-11(5-8)17-4-3-16-10/h1-2,5,7,14H,3-4,6,13H2. The molecule has 6 heteroatoms. The number of rotatable bonds is 3. The number of fused-ring (bicyclic) bond motifs is 1. The Hall–Kier alpha value is -1.63. The molecule has 0 saturated carbocycles. The van der Waals surface area contributed by atoms with Crippen molar-refractivity contribution in [3.05, 3.63) is 28.6 Å². The average Bonchev–Trinajstić information content (AvgIpc) is 2.87. The molecule has 1 aliphatic heterocycles. The van der Waals surface area contributed by atoms with E-state index in [1.165, 1.54) is 0 Å². The fourth-order valence-corrected chi connectivity index (χ4v) is 2.57. The van der Waals surface area contributed by atoms with Crippen LogP contribution in [-0.2, 0) is 6.54 Å². The lowest BCUT2D eigenvalue weighted by Crippen LogP contribution is -2.20. The summed E-state index contributed by atoms with van der Waals surface area (Å²) in [6.07, 6.45) is 0. The van der Waals surface area contributed by atoms with Crippen molar-refractivity contribution >= 4 is 11.3 Å². The van der Waals surface area contributed by atoms with E-state index in [1.807, 2.05) is 23.6 Å². The van der Waals surface area contributed by atoms with Gasteiger partial charge in [-0.15, -0.1) is 11.3 Å². The predicted octanol–water partition coefficient (Wildman–Crippen LogP) is 1.54. The Kier molecular flexibility index (Phi) is 3.14. The van der Waals surface area contributed by atoms with E-state index in [1.54, 1.807) is 11.3 Å². The van der Waals surface area contributed by atoms with E-state index in [-0.39, 0.29) is 0 Å². The molecule has 1 aromatic carbocycles. The van der Waals surface area contributed by atoms with Crippen molar-refractivity contribution < 1.29 is 9.47 Å². The molecule has 0 bridgehead atoms. The molecule has 0 spiro atoms. The molecule has 1 aromatic heterocycles. The predicted molar refractivity (Wildman–Crippen MR) is 69.6 cm³/mol. The number of thiazole rings is 1. The third-order valence-corrected chi connectivity index (χ3v) is 3.49. The highest BCUT2D eigenvalue weighted by Crippen LogP contribution is 2.34. The fraction of sp³-hybridized carbons (Fsp3) is 0.250. The number of ether oxygens (including phenoxy) is 2. The third-order valence-electron chi connectivity index (χ3n) is 2.64. The maximum Gasteiger partial charge on any atom is 0.162 e. The second-order valence-corrected chi connectivity index (χ2v) is 4.81. The quantitative estimate of drug-likeness (QED) is 0.649. The monoisotopic (exact) mass is 263 g/mol. The van der Waals surface area contributed by atoms with Crippen LogP contribution in [0.5, 0.6) is 11.5 Å². The lowest BCUT2D eigenvalue weighted by molar-refractivity contribution is 0.171. The van der Waals surface area contributed by atoms with Gasteiger partial charge in [0.25, 0.3) is 0 Å². The Morgan fingerprint density at radius 2 is 2.11 bits per heavy atom. The molecule has 0 unspecified atom stereocenters. The molecule has 0 fully saturated rings. The SMILES string of the molecule is NNCc1nc(-c2ccc3c(c2)OCCO3)cs1. The van der Waals surface area contributed by atoms with Crippen molar-refractivity contribution in [2.75, 3.05) is 13.2 Å². The second-order valence-electron chi connectivity index (χ2n) is 3.87. The number of nitrogens with one attached hydrogen (secondary N) is 1. The summed E-state index contributed by atoms with van der Waals surface area (Å²) in [5.41, 5.74) is 4.56. The maximum absolute atomic E-state index is 5.56. The van der Waals surface area contributed by atoms with Crippen LogP contribution in [0.2, 0.25) is 0 Å². The third kappa shape index (κ3) is 2.17. The molecule has 3 N–H and O–H groups in total. The molecule has 18 heavy (non-hydrogen) atoms. The zero-order valence-corrected chi connectivity index (χ0v) is 10.5. The van der Waals surface area contributed by atoms with Crippen LogP contribution >= 0.6 is 11.3 Å². The molecule has 0 radical (unpaired) electrons. The lowest BCUT2D eigenvalue weighted by atomic mass is 10.1. The van der Waals surface area contributed by atoms with Gasteiger partial charge in [0.05, 0.1) is 12.2 Å². The van der Waals surface area contributed by atoms with Crippen LogP contribution in [-0.4, -0.2) is 18.2 Å². The molecule has 0 saturated heterocycles. The van der Waals surface area contributed by atoms with Crippen molar-refractivity contribution in [2.45, 2.75) is 6.54 Å². The molecule has 5 nitrogen and oxygen atoms in total. The Bertz CT molecular complexity index is 556. The summed E-state index contributed by atoms with van der Waals surface area (Å²) in [5, 5.41) is 2.97. The number of nitrogens with zero attached hydrogens (tertiary/aromatic N) is 1. The lowest BCUT2D eigenvalue weighted by Gasteiger charge is -2.18. The van der Waals surface area contributed by atoms with Gasteiger partial charge in [0.15, 0.2) is 11.5 Å². The van der Waals surface area contributed by atoms with Crippen LogP contribution in [0.15, 0.2) is 23.6 Å². The van der Waals surface area contributed by atoms with Gasteiger partial charge in [-0.3, -0.25) is 11.3 Å². The number of hydrogen-bond acceptors (Lipinski definition) is 6. The molecule has 0 aliphatic carbocycles. The highest BCUT2D eigenvalue weighted by Gasteiger charge is 2.13. The van der Waals surface area contributed by atoms with Crippen molar-refractivity contribution in [3.63, 3.8) is 0 Å². The molecular formula is C12H13N3O2S. The van der Waals surface area contributed by atoms with E-state index in [0.717, 1.165) is 27.8 Å². The maximum atomic E-state index is 5.56. The normalized spacial score (nSPS) is 13.6. The molecule has 0 atom stereocenters. The van der Waals surface area contributed by atoms with Crippen molar-refractivity contribution in [3.8, 4) is 22.8 Å². The minimum atomic E-state index is 0.579. The average molecular weight is 263 g/mol. The number of hydrazine groups is 1. The zero-order chi connectivity index (χ0) is 12.4. The van der Waals surface area contributed by atoms with Gasteiger partial charge in [-0.2, -0.15) is 0 Å². The van der Waals surface area contributed by atoms with E-state index in [0.29, 0.717) is 19.8 Å². The van der Waals surface area contributed by atoms with Gasteiger partial charge in [-0.1, -0.05) is 0 Å². The molecular weight excluding hydrogens is 250 g/mol. The first-order valence-electron chi connectivity index (χ1n) is 5.65. The van der Waals surface area contributed by atoms with Gasteiger partial charge in [0.2, 0.25) is 0 Å². The van der Waals surface area contributed by atoms with E-state index < -0.39 is 0 Å². The number of hydrogen-bond donors (Lipinski definition) is 2. The molecule has 2 heterocycles. The molecule has 0 amide bonds. The summed E-state index contributed by atoms with van der Waals surface area (Å²) in [7, 11) is 0. The highest BCUT2D eigenvalue weighted by molar-refractivity contribution is 7.09. The van der Waals surface area contributed by atoms with E-state index in [4.69, 9.17) is 15.3 Å². The van der Waals surface area contributed by atoms with Gasteiger partial charge in [0, 0.05) is 10.9 Å². The van der Waals surface area contributed by atoms with Crippen molar-refractivity contribution in [1.82, 2.24) is 10.4 Å². The minimum absolute atomic E-state index is 0.579. The fourth-order valence-electron chi connectivity index (χ4n) is 1.81. The Morgan fingerprint density at radius 3 is 2.94 bits per heavy atom. The summed E-state index contributed by atoms with van der Waals surface area (Å²) in [5.74, 6) is 6.86. The zero-order valence-electron chi connectivity index (χ0n) is 9.68. The number of benzene rings is 1. The highest BCUT2D eigenvalue weighted by atomic mass is 32.1. The Balaban J connectivity index is 1.91.